The number of carbonyl (C=O) groups is 1. The molecular formula is C14H16N2O3. The predicted molar refractivity (Wildman–Crippen MR) is 75.7 cm³/mol. The zero-order chi connectivity index (χ0) is 14.4. The number of nitrogens with zero attached hydrogens (tertiary/aromatic N) is 2. The number of carbonyl (C=O) groups excluding carboxylic acids is 1. The van der Waals surface area contributed by atoms with E-state index in [1.807, 2.05) is 0 Å². The third kappa shape index (κ3) is 3.51. The van der Waals surface area contributed by atoms with Crippen LogP contribution in [0.1, 0.15) is 17.3 Å². The predicted octanol–water partition coefficient (Wildman–Crippen LogP) is 2.98. The Hall–Kier alpha value is -2.43. The molecule has 0 atom stereocenters. The molecule has 0 amide bonds. The standard InChI is InChI=1S/C14H16N2O3/c1-4-8-15(9-5-2)13-7-6-12(11(3)17)10-14(13)16(18)19/h4-7,10H,1-2,8-9H2,3H3. The zero-order valence-corrected chi connectivity index (χ0v) is 10.8. The summed E-state index contributed by atoms with van der Waals surface area (Å²) in [5.74, 6) is -0.200. The lowest BCUT2D eigenvalue weighted by molar-refractivity contribution is -0.384. The van der Waals surface area contributed by atoms with Crippen LogP contribution in [0.2, 0.25) is 0 Å². The average Bonchev–Trinajstić information content (AvgIpc) is 2.37. The van der Waals surface area contributed by atoms with Crippen molar-refractivity contribution in [1.29, 1.82) is 0 Å². The van der Waals surface area contributed by atoms with Gasteiger partial charge < -0.3 is 4.90 Å². The number of ketones is 1. The number of anilines is 1. The number of benzene rings is 1. The van der Waals surface area contributed by atoms with Gasteiger partial charge in [0.25, 0.3) is 5.69 Å². The van der Waals surface area contributed by atoms with Crippen LogP contribution in [-0.2, 0) is 0 Å². The number of hydrogen-bond acceptors (Lipinski definition) is 4. The van der Waals surface area contributed by atoms with Crippen molar-refractivity contribution >= 4 is 17.2 Å². The van der Waals surface area contributed by atoms with Crippen LogP contribution in [0.15, 0.2) is 43.5 Å². The van der Waals surface area contributed by atoms with E-state index in [1.165, 1.54) is 13.0 Å². The lowest BCUT2D eigenvalue weighted by atomic mass is 10.1. The van der Waals surface area contributed by atoms with Crippen LogP contribution >= 0.6 is 0 Å². The highest BCUT2D eigenvalue weighted by Crippen LogP contribution is 2.29. The average molecular weight is 260 g/mol. The van der Waals surface area contributed by atoms with Gasteiger partial charge in [-0.05, 0) is 19.1 Å². The van der Waals surface area contributed by atoms with E-state index in [2.05, 4.69) is 13.2 Å². The SMILES string of the molecule is C=CCN(CC=C)c1ccc(C(C)=O)cc1[N+](=O)[O-]. The van der Waals surface area contributed by atoms with E-state index in [9.17, 15) is 14.9 Å². The van der Waals surface area contributed by atoms with Gasteiger partial charge in [0.2, 0.25) is 0 Å². The minimum Gasteiger partial charge on any atom is -0.359 e. The first-order valence-electron chi connectivity index (χ1n) is 5.77. The van der Waals surface area contributed by atoms with E-state index in [0.717, 1.165) is 0 Å². The van der Waals surface area contributed by atoms with Gasteiger partial charge in [0.15, 0.2) is 5.78 Å². The Morgan fingerprint density at radius 3 is 2.37 bits per heavy atom. The van der Waals surface area contributed by atoms with Crippen LogP contribution in [0.3, 0.4) is 0 Å². The van der Waals surface area contributed by atoms with Crippen molar-refractivity contribution in [3.05, 3.63) is 59.2 Å². The second-order valence-corrected chi connectivity index (χ2v) is 4.00. The third-order valence-electron chi connectivity index (χ3n) is 2.62. The van der Waals surface area contributed by atoms with Gasteiger partial charge in [-0.25, -0.2) is 0 Å². The monoisotopic (exact) mass is 260 g/mol. The molecule has 5 nitrogen and oxygen atoms in total. The summed E-state index contributed by atoms with van der Waals surface area (Å²) in [4.78, 5) is 23.7. The summed E-state index contributed by atoms with van der Waals surface area (Å²) in [6.07, 6.45) is 3.32. The van der Waals surface area contributed by atoms with Crippen molar-refractivity contribution in [2.24, 2.45) is 0 Å². The van der Waals surface area contributed by atoms with E-state index in [-0.39, 0.29) is 11.5 Å². The lowest BCUT2D eigenvalue weighted by Crippen LogP contribution is -2.24. The first-order valence-corrected chi connectivity index (χ1v) is 5.77. The van der Waals surface area contributed by atoms with Gasteiger partial charge in [-0.3, -0.25) is 14.9 Å². The summed E-state index contributed by atoms with van der Waals surface area (Å²) in [6, 6.07) is 4.47. The highest BCUT2D eigenvalue weighted by Gasteiger charge is 2.19. The fourth-order valence-corrected chi connectivity index (χ4v) is 1.74. The Kier molecular flexibility index (Phi) is 5.00. The summed E-state index contributed by atoms with van der Waals surface area (Å²) >= 11 is 0. The molecule has 0 aliphatic carbocycles. The molecule has 0 aromatic heterocycles. The number of hydrogen-bond donors (Lipinski definition) is 0. The molecule has 0 aliphatic rings. The largest absolute Gasteiger partial charge is 0.359 e. The maximum absolute atomic E-state index is 11.3. The molecule has 0 radical (unpaired) electrons. The Morgan fingerprint density at radius 2 is 1.95 bits per heavy atom. The summed E-state index contributed by atoms with van der Waals surface area (Å²) in [5, 5.41) is 11.1. The minimum atomic E-state index is -0.485. The molecule has 1 aromatic carbocycles. The van der Waals surface area contributed by atoms with Crippen LogP contribution < -0.4 is 4.90 Å². The van der Waals surface area contributed by atoms with Crippen molar-refractivity contribution in [3.63, 3.8) is 0 Å². The molecule has 19 heavy (non-hydrogen) atoms. The molecule has 0 saturated carbocycles. The summed E-state index contributed by atoms with van der Waals surface area (Å²) in [7, 11) is 0. The summed E-state index contributed by atoms with van der Waals surface area (Å²) < 4.78 is 0. The van der Waals surface area contributed by atoms with E-state index >= 15 is 0 Å². The van der Waals surface area contributed by atoms with Crippen molar-refractivity contribution in [2.45, 2.75) is 6.92 Å². The highest BCUT2D eigenvalue weighted by molar-refractivity contribution is 5.95. The van der Waals surface area contributed by atoms with E-state index in [0.29, 0.717) is 24.3 Å². The van der Waals surface area contributed by atoms with Crippen LogP contribution in [0.25, 0.3) is 0 Å². The fraction of sp³-hybridized carbons (Fsp3) is 0.214. The third-order valence-corrected chi connectivity index (χ3v) is 2.62. The summed E-state index contributed by atoms with van der Waals surface area (Å²) in [5.41, 5.74) is 0.693. The topological polar surface area (TPSA) is 63.5 Å². The first kappa shape index (κ1) is 14.6. The van der Waals surface area contributed by atoms with Gasteiger partial charge in [-0.1, -0.05) is 12.2 Å². The lowest BCUT2D eigenvalue weighted by Gasteiger charge is -2.21. The van der Waals surface area contributed by atoms with E-state index in [1.54, 1.807) is 29.2 Å². The maximum atomic E-state index is 11.3. The van der Waals surface area contributed by atoms with Gasteiger partial charge in [0, 0.05) is 24.7 Å². The fourth-order valence-electron chi connectivity index (χ4n) is 1.74. The van der Waals surface area contributed by atoms with Gasteiger partial charge in [-0.15, -0.1) is 13.2 Å². The molecule has 0 fully saturated rings. The smallest absolute Gasteiger partial charge is 0.293 e. The molecule has 100 valence electrons. The minimum absolute atomic E-state index is 0.0867. The maximum Gasteiger partial charge on any atom is 0.293 e. The highest BCUT2D eigenvalue weighted by atomic mass is 16.6. The molecule has 0 unspecified atom stereocenters. The van der Waals surface area contributed by atoms with Gasteiger partial charge in [-0.2, -0.15) is 0 Å². The molecular weight excluding hydrogens is 244 g/mol. The number of Topliss-reactive ketones (excluding diaryl/α,β-unsaturated/α-hetero) is 1. The number of rotatable bonds is 7. The Bertz CT molecular complexity index is 513. The summed E-state index contributed by atoms with van der Waals surface area (Å²) in [6.45, 7) is 9.57. The van der Waals surface area contributed by atoms with Gasteiger partial charge in [0.1, 0.15) is 5.69 Å². The first-order chi connectivity index (χ1) is 9.01. The normalized spacial score (nSPS) is 9.74. The van der Waals surface area contributed by atoms with Crippen molar-refractivity contribution in [1.82, 2.24) is 0 Å². The molecule has 0 spiro atoms. The Labute approximate surface area is 112 Å². The van der Waals surface area contributed by atoms with E-state index < -0.39 is 4.92 Å². The Balaban J connectivity index is 3.31. The van der Waals surface area contributed by atoms with Gasteiger partial charge >= 0.3 is 0 Å². The molecule has 5 heteroatoms. The molecule has 1 aromatic rings. The second-order valence-electron chi connectivity index (χ2n) is 4.00. The van der Waals surface area contributed by atoms with Crippen LogP contribution in [0.4, 0.5) is 11.4 Å². The molecule has 0 N–H and O–H groups in total. The van der Waals surface area contributed by atoms with Gasteiger partial charge in [0.05, 0.1) is 4.92 Å². The number of nitro benzene ring substituents is 1. The van der Waals surface area contributed by atoms with Crippen molar-refractivity contribution in [2.75, 3.05) is 18.0 Å². The van der Waals surface area contributed by atoms with E-state index in [4.69, 9.17) is 0 Å². The van der Waals surface area contributed by atoms with Crippen molar-refractivity contribution in [3.8, 4) is 0 Å². The van der Waals surface area contributed by atoms with Crippen LogP contribution in [0, 0.1) is 10.1 Å². The zero-order valence-electron chi connectivity index (χ0n) is 10.8. The second kappa shape index (κ2) is 6.49. The molecule has 0 saturated heterocycles. The van der Waals surface area contributed by atoms with Crippen LogP contribution in [-0.4, -0.2) is 23.8 Å². The number of nitro groups is 1. The van der Waals surface area contributed by atoms with Crippen LogP contribution in [0.5, 0.6) is 0 Å². The Morgan fingerprint density at radius 1 is 1.37 bits per heavy atom. The molecule has 0 aliphatic heterocycles. The molecule has 0 bridgehead atoms. The molecule has 0 heterocycles. The van der Waals surface area contributed by atoms with Crippen molar-refractivity contribution < 1.29 is 9.72 Å². The quantitative estimate of drug-likeness (QED) is 0.327. The molecule has 1 rings (SSSR count).